The molecule has 2 aromatic heterocycles. The number of fused-ring (bicyclic) bond motifs is 1. The fourth-order valence-electron chi connectivity index (χ4n) is 3.36. The number of carbonyl (C=O) groups is 1. The zero-order valence-corrected chi connectivity index (χ0v) is 18.3. The largest absolute Gasteiger partial charge is 0.282 e. The van der Waals surface area contributed by atoms with Crippen LogP contribution in [0.3, 0.4) is 0 Å². The molecule has 0 saturated heterocycles. The molecule has 0 aliphatic heterocycles. The molecule has 1 amide bonds. The molecule has 0 spiro atoms. The molecule has 7 nitrogen and oxygen atoms in total. The first-order valence-electron chi connectivity index (χ1n) is 9.36. The maximum Gasteiger partial charge on any atom is 0.282 e. The van der Waals surface area contributed by atoms with Crippen LogP contribution in [0.15, 0.2) is 54.9 Å². The van der Waals surface area contributed by atoms with Gasteiger partial charge in [-0.1, -0.05) is 35.1 Å². The number of amides is 1. The summed E-state index contributed by atoms with van der Waals surface area (Å²) in [5, 5.41) is 12.2. The number of nitro benzene ring substituents is 1. The molecule has 0 radical (unpaired) electrons. The molecule has 9 heteroatoms. The second kappa shape index (κ2) is 8.41. The van der Waals surface area contributed by atoms with Gasteiger partial charge < -0.3 is 0 Å². The Bertz CT molecular complexity index is 1310. The maximum absolute atomic E-state index is 13.6. The van der Waals surface area contributed by atoms with Crippen LogP contribution in [0.1, 0.15) is 27.0 Å². The topological polar surface area (TPSA) is 89.2 Å². The molecule has 4 aromatic rings. The smallest absolute Gasteiger partial charge is 0.279 e. The van der Waals surface area contributed by atoms with Crippen LogP contribution in [0.2, 0.25) is 5.02 Å². The van der Waals surface area contributed by atoms with Crippen LogP contribution < -0.4 is 4.90 Å². The van der Waals surface area contributed by atoms with Gasteiger partial charge in [-0.25, -0.2) is 4.98 Å². The number of pyridine rings is 1. The Hall–Kier alpha value is -3.36. The van der Waals surface area contributed by atoms with Gasteiger partial charge in [-0.2, -0.15) is 0 Å². The summed E-state index contributed by atoms with van der Waals surface area (Å²) >= 11 is 7.43. The zero-order valence-electron chi connectivity index (χ0n) is 16.7. The number of nitrogens with zero attached hydrogens (tertiary/aromatic N) is 4. The van der Waals surface area contributed by atoms with Crippen molar-refractivity contribution in [2.75, 3.05) is 4.90 Å². The van der Waals surface area contributed by atoms with Crippen LogP contribution >= 0.6 is 22.9 Å². The number of aryl methyl sites for hydroxylation is 2. The minimum atomic E-state index is -0.586. The lowest BCUT2D eigenvalue weighted by atomic mass is 10.1. The highest BCUT2D eigenvalue weighted by Gasteiger charge is 2.28. The van der Waals surface area contributed by atoms with E-state index in [0.29, 0.717) is 5.13 Å². The highest BCUT2D eigenvalue weighted by molar-refractivity contribution is 7.22. The number of rotatable bonds is 5. The molecule has 2 aromatic carbocycles. The van der Waals surface area contributed by atoms with Crippen molar-refractivity contribution in [2.24, 2.45) is 0 Å². The standard InChI is InChI=1S/C22H17ClN4O3S/c1-13-8-14(2)20-19(9-13)31-22(25-20)26(12-15-4-3-7-24-11-15)21(28)17-10-16(23)5-6-18(17)27(29)30/h3-11H,12H2,1-2H3. The first-order chi connectivity index (χ1) is 14.8. The normalized spacial score (nSPS) is 10.9. The van der Waals surface area contributed by atoms with E-state index in [9.17, 15) is 14.9 Å². The zero-order chi connectivity index (χ0) is 22.1. The van der Waals surface area contributed by atoms with E-state index in [-0.39, 0.29) is 22.8 Å². The first-order valence-corrected chi connectivity index (χ1v) is 10.6. The number of anilines is 1. The van der Waals surface area contributed by atoms with Crippen molar-refractivity contribution in [1.29, 1.82) is 0 Å². The van der Waals surface area contributed by atoms with Gasteiger partial charge in [-0.15, -0.1) is 0 Å². The molecule has 0 aliphatic rings. The Morgan fingerprint density at radius 3 is 2.74 bits per heavy atom. The number of halogens is 1. The Balaban J connectivity index is 1.86. The van der Waals surface area contributed by atoms with Crippen LogP contribution in [0.25, 0.3) is 10.2 Å². The van der Waals surface area contributed by atoms with Gasteiger partial charge in [-0.05, 0) is 54.8 Å². The molecule has 156 valence electrons. The van der Waals surface area contributed by atoms with Crippen LogP contribution in [0, 0.1) is 24.0 Å². The van der Waals surface area contributed by atoms with E-state index in [1.807, 2.05) is 32.0 Å². The second-order valence-corrected chi connectivity index (χ2v) is 8.54. The minimum Gasteiger partial charge on any atom is -0.279 e. The maximum atomic E-state index is 13.6. The van der Waals surface area contributed by atoms with Gasteiger partial charge in [0.05, 0.1) is 21.7 Å². The summed E-state index contributed by atoms with van der Waals surface area (Å²) in [6.45, 7) is 4.13. The molecule has 0 fully saturated rings. The molecule has 0 N–H and O–H groups in total. The number of benzene rings is 2. The lowest BCUT2D eigenvalue weighted by molar-refractivity contribution is -0.385. The van der Waals surface area contributed by atoms with Gasteiger partial charge in [0.25, 0.3) is 11.6 Å². The summed E-state index contributed by atoms with van der Waals surface area (Å²) < 4.78 is 0.942. The van der Waals surface area contributed by atoms with Gasteiger partial charge in [0.1, 0.15) is 5.56 Å². The van der Waals surface area contributed by atoms with Crippen LogP contribution in [0.5, 0.6) is 0 Å². The Labute approximate surface area is 187 Å². The molecule has 0 bridgehead atoms. The summed E-state index contributed by atoms with van der Waals surface area (Å²) in [4.78, 5) is 34.8. The van der Waals surface area contributed by atoms with Gasteiger partial charge >= 0.3 is 0 Å². The number of aromatic nitrogens is 2. The summed E-state index contributed by atoms with van der Waals surface area (Å²) in [5.41, 5.74) is 3.27. The van der Waals surface area contributed by atoms with Gasteiger partial charge in [0.15, 0.2) is 5.13 Å². The van der Waals surface area contributed by atoms with E-state index >= 15 is 0 Å². The average Bonchev–Trinajstić information content (AvgIpc) is 3.16. The van der Waals surface area contributed by atoms with Gasteiger partial charge in [0.2, 0.25) is 0 Å². The van der Waals surface area contributed by atoms with Crippen molar-refractivity contribution in [3.8, 4) is 0 Å². The molecule has 0 aliphatic carbocycles. The van der Waals surface area contributed by atoms with E-state index < -0.39 is 10.8 Å². The SMILES string of the molecule is Cc1cc(C)c2nc(N(Cc3cccnc3)C(=O)c3cc(Cl)ccc3[N+](=O)[O-])sc2c1. The van der Waals surface area contributed by atoms with Crippen LogP contribution in [-0.4, -0.2) is 20.8 Å². The highest BCUT2D eigenvalue weighted by atomic mass is 35.5. The Morgan fingerprint density at radius 2 is 2.03 bits per heavy atom. The van der Waals surface area contributed by atoms with Crippen LogP contribution in [0.4, 0.5) is 10.8 Å². The van der Waals surface area contributed by atoms with E-state index in [4.69, 9.17) is 16.6 Å². The molecular formula is C22H17ClN4O3S. The highest BCUT2D eigenvalue weighted by Crippen LogP contribution is 2.34. The number of hydrogen-bond acceptors (Lipinski definition) is 6. The minimum absolute atomic E-state index is 0.0893. The quantitative estimate of drug-likeness (QED) is 0.285. The van der Waals surface area contributed by atoms with Crippen molar-refractivity contribution < 1.29 is 9.72 Å². The number of thiazole rings is 1. The van der Waals surface area contributed by atoms with Crippen molar-refractivity contribution in [2.45, 2.75) is 20.4 Å². The predicted octanol–water partition coefficient (Wildman–Crippen LogP) is 5.72. The third kappa shape index (κ3) is 4.26. The summed E-state index contributed by atoms with van der Waals surface area (Å²) in [5.74, 6) is -0.550. The number of carbonyl (C=O) groups excluding carboxylic acids is 1. The first kappa shape index (κ1) is 20.9. The lowest BCUT2D eigenvalue weighted by Gasteiger charge is -2.20. The van der Waals surface area contributed by atoms with Crippen molar-refractivity contribution in [1.82, 2.24) is 9.97 Å². The summed E-state index contributed by atoms with van der Waals surface area (Å²) in [6, 6.07) is 11.6. The van der Waals surface area contributed by atoms with Crippen LogP contribution in [-0.2, 0) is 6.54 Å². The second-order valence-electron chi connectivity index (χ2n) is 7.10. The number of hydrogen-bond donors (Lipinski definition) is 0. The van der Waals surface area contributed by atoms with Crippen molar-refractivity contribution in [3.05, 3.63) is 92.2 Å². The fourth-order valence-corrected chi connectivity index (χ4v) is 4.67. The van der Waals surface area contributed by atoms with E-state index in [1.54, 1.807) is 18.5 Å². The molecule has 2 heterocycles. The Morgan fingerprint density at radius 1 is 1.23 bits per heavy atom. The van der Waals surface area contributed by atoms with Crippen molar-refractivity contribution >= 4 is 49.9 Å². The fraction of sp³-hybridized carbons (Fsp3) is 0.136. The average molecular weight is 453 g/mol. The van der Waals surface area contributed by atoms with E-state index in [0.717, 1.165) is 26.9 Å². The molecule has 0 unspecified atom stereocenters. The molecule has 4 rings (SSSR count). The third-order valence-corrected chi connectivity index (χ3v) is 6.00. The Kier molecular flexibility index (Phi) is 5.67. The third-order valence-electron chi connectivity index (χ3n) is 4.74. The van der Waals surface area contributed by atoms with Gasteiger partial charge in [-0.3, -0.25) is 24.8 Å². The molecule has 31 heavy (non-hydrogen) atoms. The number of nitro groups is 1. The molecular weight excluding hydrogens is 436 g/mol. The lowest BCUT2D eigenvalue weighted by Crippen LogP contribution is -2.31. The van der Waals surface area contributed by atoms with Crippen molar-refractivity contribution in [3.63, 3.8) is 0 Å². The molecule has 0 atom stereocenters. The summed E-state index contributed by atoms with van der Waals surface area (Å²) in [6.07, 6.45) is 3.29. The van der Waals surface area contributed by atoms with E-state index in [2.05, 4.69) is 4.98 Å². The molecule has 0 saturated carbocycles. The summed E-state index contributed by atoms with van der Waals surface area (Å²) in [7, 11) is 0. The van der Waals surface area contributed by atoms with E-state index in [1.165, 1.54) is 34.4 Å². The monoisotopic (exact) mass is 452 g/mol. The van der Waals surface area contributed by atoms with Gasteiger partial charge in [0, 0.05) is 23.5 Å². The predicted molar refractivity (Wildman–Crippen MR) is 122 cm³/mol.